The predicted molar refractivity (Wildman–Crippen MR) is 66.8 cm³/mol. The van der Waals surface area contributed by atoms with Crippen molar-refractivity contribution in [3.8, 4) is 0 Å². The number of morpholine rings is 1. The van der Waals surface area contributed by atoms with Crippen LogP contribution in [-0.2, 0) is 4.74 Å². The highest BCUT2D eigenvalue weighted by Gasteiger charge is 2.29. The Balaban J connectivity index is 2.01. The largest absolute Gasteiger partial charge is 0.370 e. The van der Waals surface area contributed by atoms with Crippen molar-refractivity contribution >= 4 is 11.6 Å². The quantitative estimate of drug-likeness (QED) is 0.856. The van der Waals surface area contributed by atoms with Crippen molar-refractivity contribution in [2.45, 2.75) is 31.9 Å². The van der Waals surface area contributed by atoms with E-state index in [2.05, 4.69) is 19.2 Å². The molecule has 1 aliphatic heterocycles. The summed E-state index contributed by atoms with van der Waals surface area (Å²) in [5.74, 6) is 0. The molecule has 0 spiro atoms. The molecule has 1 saturated heterocycles. The molecule has 2 atom stereocenters. The molecule has 1 aromatic carbocycles. The van der Waals surface area contributed by atoms with Crippen LogP contribution in [0, 0.1) is 0 Å². The number of nitrogens with one attached hydrogen (secondary N) is 1. The zero-order chi connectivity index (χ0) is 11.6. The molecular formula is C13H18ClNO. The number of ether oxygens (including phenoxy) is 1. The first kappa shape index (κ1) is 11.9. The van der Waals surface area contributed by atoms with Crippen LogP contribution in [0.3, 0.4) is 0 Å². The molecule has 2 rings (SSSR count). The Labute approximate surface area is 102 Å². The molecule has 1 fully saturated rings. The minimum Gasteiger partial charge on any atom is -0.370 e. The van der Waals surface area contributed by atoms with Crippen molar-refractivity contribution < 1.29 is 4.74 Å². The number of hydrogen-bond acceptors (Lipinski definition) is 2. The summed E-state index contributed by atoms with van der Waals surface area (Å²) >= 11 is 5.86. The van der Waals surface area contributed by atoms with Crippen molar-refractivity contribution in [1.82, 2.24) is 5.32 Å². The van der Waals surface area contributed by atoms with Gasteiger partial charge in [0.25, 0.3) is 0 Å². The van der Waals surface area contributed by atoms with Gasteiger partial charge in [0.15, 0.2) is 0 Å². The third-order valence-electron chi connectivity index (χ3n) is 3.34. The highest BCUT2D eigenvalue weighted by molar-refractivity contribution is 6.30. The predicted octanol–water partition coefficient (Wildman–Crippen LogP) is 3.17. The lowest BCUT2D eigenvalue weighted by atomic mass is 9.96. The lowest BCUT2D eigenvalue weighted by molar-refractivity contribution is -0.0299. The van der Waals surface area contributed by atoms with Gasteiger partial charge in [-0.25, -0.2) is 0 Å². The molecule has 88 valence electrons. The van der Waals surface area contributed by atoms with Gasteiger partial charge >= 0.3 is 0 Å². The van der Waals surface area contributed by atoms with Crippen LogP contribution >= 0.6 is 11.6 Å². The van der Waals surface area contributed by atoms with E-state index in [4.69, 9.17) is 16.3 Å². The average molecular weight is 240 g/mol. The monoisotopic (exact) mass is 239 g/mol. The first-order chi connectivity index (χ1) is 7.63. The van der Waals surface area contributed by atoms with Crippen LogP contribution in [0.1, 0.15) is 31.9 Å². The van der Waals surface area contributed by atoms with E-state index in [9.17, 15) is 0 Å². The second kappa shape index (κ2) is 4.74. The summed E-state index contributed by atoms with van der Waals surface area (Å²) in [6.45, 7) is 6.01. The third-order valence-corrected chi connectivity index (χ3v) is 3.59. The topological polar surface area (TPSA) is 21.3 Å². The van der Waals surface area contributed by atoms with Gasteiger partial charge in [0.1, 0.15) is 0 Å². The molecule has 1 aliphatic rings. The molecule has 0 radical (unpaired) electrons. The van der Waals surface area contributed by atoms with Crippen LogP contribution in [0.15, 0.2) is 24.3 Å². The fourth-order valence-corrected chi connectivity index (χ4v) is 1.98. The first-order valence-electron chi connectivity index (χ1n) is 5.75. The zero-order valence-corrected chi connectivity index (χ0v) is 10.6. The average Bonchev–Trinajstić information content (AvgIpc) is 2.32. The summed E-state index contributed by atoms with van der Waals surface area (Å²) in [5.41, 5.74) is 1.32. The van der Waals surface area contributed by atoms with Crippen molar-refractivity contribution in [1.29, 1.82) is 0 Å². The molecule has 0 amide bonds. The fraction of sp³-hybridized carbons (Fsp3) is 0.538. The summed E-state index contributed by atoms with van der Waals surface area (Å²) in [6.07, 6.45) is 1.23. The molecule has 1 aromatic rings. The van der Waals surface area contributed by atoms with Gasteiger partial charge in [0, 0.05) is 17.1 Å². The summed E-state index contributed by atoms with van der Waals surface area (Å²) in [4.78, 5) is 0. The number of halogens is 1. The molecule has 1 N–H and O–H groups in total. The third kappa shape index (κ3) is 2.57. The van der Waals surface area contributed by atoms with E-state index in [-0.39, 0.29) is 11.6 Å². The second-order valence-electron chi connectivity index (χ2n) is 4.65. The highest BCUT2D eigenvalue weighted by atomic mass is 35.5. The molecule has 0 saturated carbocycles. The maximum absolute atomic E-state index is 5.90. The molecule has 3 heteroatoms. The Hall–Kier alpha value is -0.570. The molecule has 0 bridgehead atoms. The maximum Gasteiger partial charge on any atom is 0.0950 e. The van der Waals surface area contributed by atoms with E-state index in [0.29, 0.717) is 0 Å². The van der Waals surface area contributed by atoms with Gasteiger partial charge in [0.2, 0.25) is 0 Å². The van der Waals surface area contributed by atoms with Gasteiger partial charge < -0.3 is 10.1 Å². The Morgan fingerprint density at radius 1 is 1.44 bits per heavy atom. The molecule has 0 aliphatic carbocycles. The highest BCUT2D eigenvalue weighted by Crippen LogP contribution is 2.26. The van der Waals surface area contributed by atoms with Crippen LogP contribution in [0.5, 0.6) is 0 Å². The Kier molecular flexibility index (Phi) is 3.53. The minimum absolute atomic E-state index is 0.128. The second-order valence-corrected chi connectivity index (χ2v) is 5.08. The van der Waals surface area contributed by atoms with Crippen LogP contribution < -0.4 is 5.32 Å². The van der Waals surface area contributed by atoms with Gasteiger partial charge in [-0.1, -0.05) is 30.7 Å². The lowest BCUT2D eigenvalue weighted by Crippen LogP contribution is -2.52. The van der Waals surface area contributed by atoms with E-state index in [0.717, 1.165) is 24.6 Å². The SMILES string of the molecule is CCC1(C)COC(c2ccc(Cl)cc2)CN1. The molecule has 16 heavy (non-hydrogen) atoms. The minimum atomic E-state index is 0.128. The lowest BCUT2D eigenvalue weighted by Gasteiger charge is -2.38. The smallest absolute Gasteiger partial charge is 0.0950 e. The molecule has 2 nitrogen and oxygen atoms in total. The standard InChI is InChI=1S/C13H18ClNO/c1-3-13(2)9-16-12(8-15-13)10-4-6-11(14)7-5-10/h4-7,12,15H,3,8-9H2,1-2H3. The van der Waals surface area contributed by atoms with Crippen LogP contribution in [0.25, 0.3) is 0 Å². The molecular weight excluding hydrogens is 222 g/mol. The number of rotatable bonds is 2. The van der Waals surface area contributed by atoms with Gasteiger partial charge in [-0.2, -0.15) is 0 Å². The summed E-state index contributed by atoms with van der Waals surface area (Å²) in [7, 11) is 0. The zero-order valence-electron chi connectivity index (χ0n) is 9.79. The van der Waals surface area contributed by atoms with Gasteiger partial charge in [-0.05, 0) is 31.0 Å². The number of hydrogen-bond donors (Lipinski definition) is 1. The van der Waals surface area contributed by atoms with E-state index in [1.54, 1.807) is 0 Å². The van der Waals surface area contributed by atoms with Crippen LogP contribution in [0.2, 0.25) is 5.02 Å². The Bertz CT molecular complexity index is 341. The van der Waals surface area contributed by atoms with Crippen molar-refractivity contribution in [3.05, 3.63) is 34.9 Å². The molecule has 1 heterocycles. The van der Waals surface area contributed by atoms with Crippen molar-refractivity contribution in [2.24, 2.45) is 0 Å². The van der Waals surface area contributed by atoms with Gasteiger partial charge in [-0.3, -0.25) is 0 Å². The number of benzene rings is 1. The Morgan fingerprint density at radius 3 is 2.62 bits per heavy atom. The summed E-state index contributed by atoms with van der Waals surface area (Å²) in [5, 5.41) is 4.32. The first-order valence-corrected chi connectivity index (χ1v) is 6.13. The summed E-state index contributed by atoms with van der Waals surface area (Å²) in [6, 6.07) is 7.88. The van der Waals surface area contributed by atoms with Crippen LogP contribution in [0.4, 0.5) is 0 Å². The maximum atomic E-state index is 5.90. The van der Waals surface area contributed by atoms with Crippen molar-refractivity contribution in [2.75, 3.05) is 13.2 Å². The van der Waals surface area contributed by atoms with E-state index < -0.39 is 0 Å². The van der Waals surface area contributed by atoms with Crippen molar-refractivity contribution in [3.63, 3.8) is 0 Å². The Morgan fingerprint density at radius 2 is 2.12 bits per heavy atom. The molecule has 2 unspecified atom stereocenters. The van der Waals surface area contributed by atoms with E-state index >= 15 is 0 Å². The summed E-state index contributed by atoms with van der Waals surface area (Å²) < 4.78 is 5.90. The van der Waals surface area contributed by atoms with Gasteiger partial charge in [0.05, 0.1) is 12.7 Å². The van der Waals surface area contributed by atoms with E-state index in [1.165, 1.54) is 5.56 Å². The normalized spacial score (nSPS) is 30.3. The fourth-order valence-electron chi connectivity index (χ4n) is 1.85. The molecule has 0 aromatic heterocycles. The van der Waals surface area contributed by atoms with Gasteiger partial charge in [-0.15, -0.1) is 0 Å². The van der Waals surface area contributed by atoms with Crippen LogP contribution in [-0.4, -0.2) is 18.7 Å². The van der Waals surface area contributed by atoms with E-state index in [1.807, 2.05) is 24.3 Å².